The summed E-state index contributed by atoms with van der Waals surface area (Å²) in [5.41, 5.74) is 1.90. The second-order valence-corrected chi connectivity index (χ2v) is 10.5. The fourth-order valence-electron chi connectivity index (χ4n) is 3.87. The largest absolute Gasteiger partial charge is 0.345 e. The van der Waals surface area contributed by atoms with Crippen molar-refractivity contribution < 1.29 is 22.0 Å². The number of carbonyl (C=O) groups excluding carboxylic acids is 1. The molecule has 4 aromatic rings. The lowest BCUT2D eigenvalue weighted by atomic mass is 9.98. The van der Waals surface area contributed by atoms with Crippen LogP contribution >= 0.6 is 0 Å². The molecule has 0 radical (unpaired) electrons. The van der Waals surface area contributed by atoms with Gasteiger partial charge < -0.3 is 4.98 Å². The number of nitrogens with zero attached hydrogens (tertiary/aromatic N) is 1. The number of pyridine rings is 1. The van der Waals surface area contributed by atoms with E-state index in [1.165, 1.54) is 11.8 Å². The van der Waals surface area contributed by atoms with Gasteiger partial charge >= 0.3 is 0 Å². The van der Waals surface area contributed by atoms with Crippen molar-refractivity contribution in [2.24, 2.45) is 0 Å². The summed E-state index contributed by atoms with van der Waals surface area (Å²) in [5, 5.41) is 0.399. The predicted octanol–water partition coefficient (Wildman–Crippen LogP) is 6.01. The van der Waals surface area contributed by atoms with Crippen molar-refractivity contribution in [1.82, 2.24) is 9.97 Å². The minimum atomic E-state index is -3.84. The van der Waals surface area contributed by atoms with Gasteiger partial charge in [-0.05, 0) is 41.7 Å². The summed E-state index contributed by atoms with van der Waals surface area (Å²) in [7, 11) is -3.84. The molecule has 2 aromatic heterocycles. The van der Waals surface area contributed by atoms with Gasteiger partial charge in [-0.25, -0.2) is 22.2 Å². The molecule has 0 fully saturated rings. The molecule has 2 N–H and O–H groups in total. The molecule has 6 nitrogen and oxygen atoms in total. The minimum Gasteiger partial charge on any atom is -0.345 e. The van der Waals surface area contributed by atoms with E-state index in [-0.39, 0.29) is 11.3 Å². The number of carbonyl (C=O) groups is 1. The summed E-state index contributed by atoms with van der Waals surface area (Å²) in [5.74, 6) is -3.13. The van der Waals surface area contributed by atoms with Crippen LogP contribution in [0.15, 0.2) is 54.9 Å². The van der Waals surface area contributed by atoms with Crippen molar-refractivity contribution in [3.63, 3.8) is 0 Å². The fourth-order valence-corrected chi connectivity index (χ4v) is 5.00. The Bertz CT molecular complexity index is 1510. The minimum absolute atomic E-state index is 0.0273. The average Bonchev–Trinajstić information content (AvgIpc) is 3.24. The number of H-pyrrole nitrogens is 1. The molecular weight excluding hydrogens is 472 g/mol. The van der Waals surface area contributed by atoms with Crippen LogP contribution in [0.25, 0.3) is 22.2 Å². The van der Waals surface area contributed by atoms with Crippen LogP contribution in [0.5, 0.6) is 0 Å². The first-order valence-electron chi connectivity index (χ1n) is 11.2. The molecular formula is C26H25F2N3O3S. The Morgan fingerprint density at radius 2 is 1.80 bits per heavy atom. The lowest BCUT2D eigenvalue weighted by Crippen LogP contribution is -2.18. The molecule has 2 heterocycles. The summed E-state index contributed by atoms with van der Waals surface area (Å²) in [6.07, 6.45) is 3.31. The average molecular weight is 498 g/mol. The van der Waals surface area contributed by atoms with Crippen LogP contribution in [0, 0.1) is 11.6 Å². The molecule has 9 heteroatoms. The summed E-state index contributed by atoms with van der Waals surface area (Å²) in [4.78, 5) is 20.5. The number of aromatic nitrogens is 2. The van der Waals surface area contributed by atoms with Crippen LogP contribution < -0.4 is 4.72 Å². The fraction of sp³-hybridized carbons (Fsp3) is 0.231. The first-order chi connectivity index (χ1) is 16.6. The number of halogens is 2. The van der Waals surface area contributed by atoms with E-state index in [9.17, 15) is 17.6 Å². The number of benzene rings is 2. The Labute approximate surface area is 202 Å². The molecule has 2 aromatic carbocycles. The Kier molecular flexibility index (Phi) is 6.71. The van der Waals surface area contributed by atoms with Gasteiger partial charge in [0.05, 0.1) is 17.0 Å². The van der Waals surface area contributed by atoms with Gasteiger partial charge in [-0.2, -0.15) is 0 Å². The zero-order chi connectivity index (χ0) is 25.3. The number of anilines is 1. The van der Waals surface area contributed by atoms with Gasteiger partial charge in [0.1, 0.15) is 11.5 Å². The van der Waals surface area contributed by atoms with Crippen molar-refractivity contribution >= 4 is 32.5 Å². The predicted molar refractivity (Wildman–Crippen MR) is 133 cm³/mol. The zero-order valence-electron chi connectivity index (χ0n) is 19.5. The molecule has 0 aliphatic rings. The summed E-state index contributed by atoms with van der Waals surface area (Å²) in [6.45, 7) is 5.86. The van der Waals surface area contributed by atoms with Crippen LogP contribution in [0.2, 0.25) is 0 Å². The van der Waals surface area contributed by atoms with E-state index in [0.717, 1.165) is 23.3 Å². The quantitative estimate of drug-likeness (QED) is 0.292. The highest BCUT2D eigenvalue weighted by Crippen LogP contribution is 2.30. The van der Waals surface area contributed by atoms with Crippen LogP contribution in [-0.2, 0) is 10.0 Å². The molecule has 0 aliphatic carbocycles. The normalized spacial score (nSPS) is 11.8. The van der Waals surface area contributed by atoms with E-state index in [1.54, 1.807) is 19.2 Å². The number of nitrogens with one attached hydrogen (secondary N) is 2. The van der Waals surface area contributed by atoms with Crippen LogP contribution in [0.4, 0.5) is 14.5 Å². The molecule has 0 atom stereocenters. The highest BCUT2D eigenvalue weighted by Gasteiger charge is 2.26. The maximum Gasteiger partial charge on any atom is 0.232 e. The molecule has 0 saturated carbocycles. The Morgan fingerprint density at radius 3 is 2.46 bits per heavy atom. The molecule has 0 amide bonds. The van der Waals surface area contributed by atoms with E-state index < -0.39 is 38.7 Å². The number of aromatic amines is 1. The Morgan fingerprint density at radius 1 is 1.09 bits per heavy atom. The van der Waals surface area contributed by atoms with Gasteiger partial charge in [-0.15, -0.1) is 0 Å². The highest BCUT2D eigenvalue weighted by atomic mass is 32.2. The number of rotatable bonds is 8. The molecule has 182 valence electrons. The third kappa shape index (κ3) is 4.95. The first kappa shape index (κ1) is 24.5. The lowest BCUT2D eigenvalue weighted by Gasteiger charge is -2.11. The van der Waals surface area contributed by atoms with Gasteiger partial charge in [0.2, 0.25) is 15.8 Å². The van der Waals surface area contributed by atoms with Crippen molar-refractivity contribution in [2.75, 3.05) is 10.5 Å². The van der Waals surface area contributed by atoms with E-state index in [1.807, 2.05) is 24.3 Å². The van der Waals surface area contributed by atoms with E-state index in [2.05, 4.69) is 28.5 Å². The number of ketones is 1. The molecule has 0 unspecified atom stereocenters. The molecule has 0 aliphatic heterocycles. The lowest BCUT2D eigenvalue weighted by molar-refractivity contribution is 0.103. The molecule has 0 spiro atoms. The second kappa shape index (κ2) is 9.58. The number of sulfonamides is 1. The Hall–Kier alpha value is -3.59. The number of hydrogen-bond acceptors (Lipinski definition) is 4. The summed E-state index contributed by atoms with van der Waals surface area (Å²) in [6, 6.07) is 11.5. The highest BCUT2D eigenvalue weighted by molar-refractivity contribution is 7.92. The van der Waals surface area contributed by atoms with Gasteiger partial charge in [0.15, 0.2) is 5.82 Å². The van der Waals surface area contributed by atoms with Crippen LogP contribution in [0.3, 0.4) is 0 Å². The van der Waals surface area contributed by atoms with Gasteiger partial charge in [-0.1, -0.05) is 45.0 Å². The smallest absolute Gasteiger partial charge is 0.232 e. The summed E-state index contributed by atoms with van der Waals surface area (Å²) < 4.78 is 56.1. The van der Waals surface area contributed by atoms with Gasteiger partial charge in [0, 0.05) is 28.9 Å². The molecule has 0 saturated heterocycles. The van der Waals surface area contributed by atoms with E-state index in [0.29, 0.717) is 23.4 Å². The second-order valence-electron chi connectivity index (χ2n) is 8.63. The topological polar surface area (TPSA) is 91.9 Å². The van der Waals surface area contributed by atoms with Crippen molar-refractivity contribution in [2.45, 2.75) is 33.1 Å². The molecule has 0 bridgehead atoms. The van der Waals surface area contributed by atoms with Gasteiger partial charge in [0.25, 0.3) is 0 Å². The van der Waals surface area contributed by atoms with Crippen molar-refractivity contribution in [3.05, 3.63) is 83.2 Å². The van der Waals surface area contributed by atoms with Crippen LogP contribution in [0.1, 0.15) is 54.6 Å². The maximum absolute atomic E-state index is 15.2. The monoisotopic (exact) mass is 497 g/mol. The first-order valence-corrected chi connectivity index (χ1v) is 12.9. The Balaban J connectivity index is 1.75. The SMILES string of the molecule is CCCS(=O)(=O)Nc1ccc(F)c(C(=O)c2c[nH]c3ncc(-c4ccc(C(C)C)cc4)cc23)c1F. The summed E-state index contributed by atoms with van der Waals surface area (Å²) >= 11 is 0. The number of hydrogen-bond donors (Lipinski definition) is 2. The third-order valence-electron chi connectivity index (χ3n) is 5.74. The molecule has 4 rings (SSSR count). The van der Waals surface area contributed by atoms with Crippen molar-refractivity contribution in [3.8, 4) is 11.1 Å². The molecule has 35 heavy (non-hydrogen) atoms. The van der Waals surface area contributed by atoms with E-state index in [4.69, 9.17) is 0 Å². The standard InChI is InChI=1S/C26H25F2N3O3S/c1-4-11-35(33,34)31-22-10-9-21(27)23(24(22)28)25(32)20-14-30-26-19(20)12-18(13-29-26)17-7-5-16(6-8-17)15(2)3/h5-10,12-15,31H,4,11H2,1-3H3,(H,29,30). The van der Waals surface area contributed by atoms with Crippen molar-refractivity contribution in [1.29, 1.82) is 0 Å². The van der Waals surface area contributed by atoms with Crippen LogP contribution in [-0.4, -0.2) is 29.9 Å². The number of fused-ring (bicyclic) bond motifs is 1. The maximum atomic E-state index is 15.2. The zero-order valence-corrected chi connectivity index (χ0v) is 20.3. The third-order valence-corrected chi connectivity index (χ3v) is 7.22. The van der Waals surface area contributed by atoms with Gasteiger partial charge in [-0.3, -0.25) is 9.52 Å². The van der Waals surface area contributed by atoms with E-state index >= 15 is 4.39 Å².